The van der Waals surface area contributed by atoms with Crippen LogP contribution in [0.2, 0.25) is 0 Å². The zero-order valence-corrected chi connectivity index (χ0v) is 23.5. The molecular weight excluding hydrogens is 494 g/mol. The fraction of sp³-hybridized carbons (Fsp3) is 0.581. The number of hydrogen-bond acceptors (Lipinski definition) is 5. The van der Waals surface area contributed by atoms with Crippen LogP contribution in [-0.4, -0.2) is 87.6 Å². The largest absolute Gasteiger partial charge is 0.394 e. The van der Waals surface area contributed by atoms with Crippen LogP contribution in [-0.2, 0) is 25.7 Å². The van der Waals surface area contributed by atoms with Crippen LogP contribution in [0.1, 0.15) is 45.6 Å². The number of amides is 3. The number of rotatable bonds is 13. The molecule has 1 aromatic carbocycles. The lowest BCUT2D eigenvalue weighted by atomic mass is 9.70. The summed E-state index contributed by atoms with van der Waals surface area (Å²) in [6.45, 7) is 14.9. The second kappa shape index (κ2) is 12.0. The smallest absolute Gasteiger partial charge is 0.249 e. The van der Waals surface area contributed by atoms with Gasteiger partial charge < -0.3 is 24.5 Å². The van der Waals surface area contributed by atoms with E-state index in [1.807, 2.05) is 51.1 Å². The molecule has 39 heavy (non-hydrogen) atoms. The lowest BCUT2D eigenvalue weighted by molar-refractivity contribution is -0.153. The van der Waals surface area contributed by atoms with Gasteiger partial charge in [0.15, 0.2) is 0 Å². The predicted molar refractivity (Wildman–Crippen MR) is 149 cm³/mol. The van der Waals surface area contributed by atoms with E-state index in [1.54, 1.807) is 26.9 Å². The minimum atomic E-state index is -1.11. The summed E-state index contributed by atoms with van der Waals surface area (Å²) in [5, 5.41) is 10.4. The monoisotopic (exact) mass is 537 g/mol. The molecule has 3 aliphatic rings. The van der Waals surface area contributed by atoms with Gasteiger partial charge in [-0.1, -0.05) is 63.3 Å². The number of ether oxygens (including phenoxy) is 1. The second-order valence-electron chi connectivity index (χ2n) is 11.4. The van der Waals surface area contributed by atoms with E-state index in [4.69, 9.17) is 4.74 Å². The first-order valence-electron chi connectivity index (χ1n) is 14.2. The first-order chi connectivity index (χ1) is 18.7. The lowest BCUT2D eigenvalue weighted by Gasteiger charge is -2.40. The molecule has 3 saturated heterocycles. The van der Waals surface area contributed by atoms with Crippen molar-refractivity contribution < 1.29 is 24.2 Å². The van der Waals surface area contributed by atoms with E-state index in [0.717, 1.165) is 12.0 Å². The van der Waals surface area contributed by atoms with Crippen LogP contribution >= 0.6 is 0 Å². The van der Waals surface area contributed by atoms with E-state index in [-0.39, 0.29) is 30.2 Å². The topological polar surface area (TPSA) is 90.4 Å². The Morgan fingerprint density at radius 2 is 1.82 bits per heavy atom. The Kier molecular flexibility index (Phi) is 8.96. The Bertz CT molecular complexity index is 1080. The average molecular weight is 538 g/mol. The number of aliphatic hydroxyl groups excluding tert-OH is 1. The SMILES string of the molecule is C=CCN(Cc1ccccc1)C(=O)C1N([C@@H](CO)C(C)C)C(=O)[C@@H]2[C@H](C(=O)N(CC=C)CCC)[C@@H]3CCC12O3. The number of aliphatic hydroxyl groups is 1. The van der Waals surface area contributed by atoms with E-state index in [1.165, 1.54) is 0 Å². The van der Waals surface area contributed by atoms with Gasteiger partial charge in [-0.15, -0.1) is 13.2 Å². The van der Waals surface area contributed by atoms with Gasteiger partial charge in [-0.2, -0.15) is 0 Å². The molecule has 4 rings (SSSR count). The number of likely N-dealkylation sites (tertiary alicyclic amines) is 1. The van der Waals surface area contributed by atoms with Gasteiger partial charge in [-0.25, -0.2) is 0 Å². The van der Waals surface area contributed by atoms with Crippen LogP contribution in [0.25, 0.3) is 0 Å². The maximum Gasteiger partial charge on any atom is 0.249 e. The first kappa shape index (κ1) is 29.0. The van der Waals surface area contributed by atoms with Crippen LogP contribution in [0.4, 0.5) is 0 Å². The summed E-state index contributed by atoms with van der Waals surface area (Å²) < 4.78 is 6.62. The van der Waals surface area contributed by atoms with Crippen molar-refractivity contribution in [3.8, 4) is 0 Å². The fourth-order valence-electron chi connectivity index (χ4n) is 6.92. The number of nitrogens with zero attached hydrogens (tertiary/aromatic N) is 3. The highest BCUT2D eigenvalue weighted by Gasteiger charge is 2.75. The molecule has 1 aromatic rings. The molecular formula is C31H43N3O5. The minimum absolute atomic E-state index is 0.102. The minimum Gasteiger partial charge on any atom is -0.394 e. The van der Waals surface area contributed by atoms with Gasteiger partial charge in [-0.05, 0) is 30.7 Å². The quantitative estimate of drug-likeness (QED) is 0.391. The Morgan fingerprint density at radius 1 is 1.15 bits per heavy atom. The number of carbonyl (C=O) groups is 3. The standard InChI is InChI=1S/C31H43N3O5/c1-6-16-32(17-7-2)28(36)25-24-14-15-31(39-24)26(25)29(37)34(23(20-35)21(4)5)27(31)30(38)33(18-8-3)19-22-12-10-9-11-13-22/h6,8-13,21,23-27,35H,1,3,7,14-20H2,2,4-5H3/t23-,24-,25+,26-,27?,31?/m0/s1. The normalized spacial score (nSPS) is 27.9. The third-order valence-corrected chi connectivity index (χ3v) is 8.60. The Labute approximate surface area is 232 Å². The van der Waals surface area contributed by atoms with E-state index in [2.05, 4.69) is 13.2 Å². The molecule has 8 nitrogen and oxygen atoms in total. The summed E-state index contributed by atoms with van der Waals surface area (Å²) in [6, 6.07) is 8.19. The van der Waals surface area contributed by atoms with Crippen molar-refractivity contribution in [3.05, 3.63) is 61.2 Å². The maximum atomic E-state index is 14.5. The van der Waals surface area contributed by atoms with Gasteiger partial charge in [0.05, 0.1) is 30.6 Å². The molecule has 3 heterocycles. The molecule has 1 N–H and O–H groups in total. The summed E-state index contributed by atoms with van der Waals surface area (Å²) >= 11 is 0. The summed E-state index contributed by atoms with van der Waals surface area (Å²) in [7, 11) is 0. The van der Waals surface area contributed by atoms with Gasteiger partial charge in [0.2, 0.25) is 17.7 Å². The van der Waals surface area contributed by atoms with Crippen molar-refractivity contribution in [3.63, 3.8) is 0 Å². The van der Waals surface area contributed by atoms with Crippen molar-refractivity contribution in [1.29, 1.82) is 0 Å². The average Bonchev–Trinajstić information content (AvgIpc) is 3.56. The highest BCUT2D eigenvalue weighted by atomic mass is 16.5. The molecule has 3 amide bonds. The van der Waals surface area contributed by atoms with Crippen molar-refractivity contribution in [2.24, 2.45) is 17.8 Å². The Hall–Kier alpha value is -2.97. The zero-order valence-electron chi connectivity index (χ0n) is 23.5. The molecule has 2 unspecified atom stereocenters. The molecule has 2 bridgehead atoms. The van der Waals surface area contributed by atoms with E-state index >= 15 is 0 Å². The summed E-state index contributed by atoms with van der Waals surface area (Å²) in [5.41, 5.74) is -0.145. The second-order valence-corrected chi connectivity index (χ2v) is 11.4. The van der Waals surface area contributed by atoms with Gasteiger partial charge in [0, 0.05) is 26.2 Å². The highest BCUT2D eigenvalue weighted by Crippen LogP contribution is 2.59. The summed E-state index contributed by atoms with van der Waals surface area (Å²) in [5.74, 6) is -2.15. The number of carbonyl (C=O) groups excluding carboxylic acids is 3. The third kappa shape index (κ3) is 5.05. The van der Waals surface area contributed by atoms with E-state index < -0.39 is 35.6 Å². The molecule has 0 saturated carbocycles. The molecule has 0 aliphatic carbocycles. The van der Waals surface area contributed by atoms with Crippen LogP contribution in [0.5, 0.6) is 0 Å². The molecule has 3 fully saturated rings. The predicted octanol–water partition coefficient (Wildman–Crippen LogP) is 3.02. The van der Waals surface area contributed by atoms with Gasteiger partial charge in [0.1, 0.15) is 11.6 Å². The van der Waals surface area contributed by atoms with Crippen LogP contribution < -0.4 is 0 Å². The number of fused-ring (bicyclic) bond motifs is 1. The number of benzene rings is 1. The fourth-order valence-corrected chi connectivity index (χ4v) is 6.92. The molecule has 1 spiro atoms. The first-order valence-corrected chi connectivity index (χ1v) is 14.2. The summed E-state index contributed by atoms with van der Waals surface area (Å²) in [4.78, 5) is 47.7. The van der Waals surface area contributed by atoms with Gasteiger partial charge >= 0.3 is 0 Å². The lowest BCUT2D eigenvalue weighted by Crippen LogP contribution is -2.59. The molecule has 6 atom stereocenters. The molecule has 0 radical (unpaired) electrons. The third-order valence-electron chi connectivity index (χ3n) is 8.60. The van der Waals surface area contributed by atoms with Gasteiger partial charge in [-0.3, -0.25) is 14.4 Å². The van der Waals surface area contributed by atoms with Crippen LogP contribution in [0.3, 0.4) is 0 Å². The zero-order chi connectivity index (χ0) is 28.3. The van der Waals surface area contributed by atoms with Crippen molar-refractivity contribution in [2.45, 2.75) is 70.4 Å². The van der Waals surface area contributed by atoms with E-state index in [0.29, 0.717) is 39.0 Å². The molecule has 0 aromatic heterocycles. The highest BCUT2D eigenvalue weighted by molar-refractivity contribution is 5.99. The van der Waals surface area contributed by atoms with Crippen LogP contribution in [0.15, 0.2) is 55.6 Å². The van der Waals surface area contributed by atoms with Crippen LogP contribution in [0, 0.1) is 17.8 Å². The molecule has 3 aliphatic heterocycles. The van der Waals surface area contributed by atoms with Gasteiger partial charge in [0.25, 0.3) is 0 Å². The Balaban J connectivity index is 1.77. The summed E-state index contributed by atoms with van der Waals surface area (Å²) in [6.07, 6.45) is 4.87. The van der Waals surface area contributed by atoms with E-state index in [9.17, 15) is 19.5 Å². The molecule has 8 heteroatoms. The molecule has 212 valence electrons. The van der Waals surface area contributed by atoms with Crippen molar-refractivity contribution in [2.75, 3.05) is 26.2 Å². The number of hydrogen-bond donors (Lipinski definition) is 1. The van der Waals surface area contributed by atoms with Crippen molar-refractivity contribution >= 4 is 17.7 Å². The maximum absolute atomic E-state index is 14.5. The Morgan fingerprint density at radius 3 is 2.41 bits per heavy atom. The van der Waals surface area contributed by atoms with Crippen molar-refractivity contribution in [1.82, 2.24) is 14.7 Å².